The van der Waals surface area contributed by atoms with Crippen molar-refractivity contribution in [3.63, 3.8) is 0 Å². The molecule has 1 fully saturated rings. The molecule has 1 saturated carbocycles. The Morgan fingerprint density at radius 3 is 2.58 bits per heavy atom. The molecular formula is C19H19F2NO2. The molecule has 1 aliphatic rings. The van der Waals surface area contributed by atoms with Crippen LogP contribution in [-0.4, -0.2) is 22.8 Å². The molecule has 1 heterocycles. The Bertz CT molecular complexity index is 717. The van der Waals surface area contributed by atoms with Crippen LogP contribution in [0.3, 0.4) is 0 Å². The fraction of sp³-hybridized carbons (Fsp3) is 0.316. The topological polar surface area (TPSA) is 42.4 Å². The highest BCUT2D eigenvalue weighted by atomic mass is 19.1. The van der Waals surface area contributed by atoms with Crippen LogP contribution in [0, 0.1) is 11.6 Å². The van der Waals surface area contributed by atoms with E-state index in [2.05, 4.69) is 4.98 Å². The first-order valence-corrected chi connectivity index (χ1v) is 8.07. The first kappa shape index (κ1) is 16.6. The van der Waals surface area contributed by atoms with Crippen molar-refractivity contribution in [3.05, 3.63) is 53.7 Å². The summed E-state index contributed by atoms with van der Waals surface area (Å²) in [6.07, 6.45) is 8.45. The smallest absolute Gasteiger partial charge is 0.221 e. The van der Waals surface area contributed by atoms with Crippen LogP contribution in [0.2, 0.25) is 0 Å². The molecule has 0 unspecified atom stereocenters. The van der Waals surface area contributed by atoms with Crippen LogP contribution >= 0.6 is 0 Å². The quantitative estimate of drug-likeness (QED) is 0.885. The lowest BCUT2D eigenvalue weighted by atomic mass is 10.0. The lowest BCUT2D eigenvalue weighted by Gasteiger charge is -2.15. The van der Waals surface area contributed by atoms with Crippen LogP contribution < -0.4 is 4.74 Å². The van der Waals surface area contributed by atoms with Crippen LogP contribution in [0.5, 0.6) is 5.88 Å². The summed E-state index contributed by atoms with van der Waals surface area (Å²) in [7, 11) is 0. The maximum absolute atomic E-state index is 14.2. The molecule has 126 valence electrons. The Morgan fingerprint density at radius 2 is 1.92 bits per heavy atom. The van der Waals surface area contributed by atoms with Gasteiger partial charge in [0.25, 0.3) is 0 Å². The van der Waals surface area contributed by atoms with Gasteiger partial charge in [0, 0.05) is 17.3 Å². The van der Waals surface area contributed by atoms with E-state index in [1.807, 2.05) is 0 Å². The van der Waals surface area contributed by atoms with Crippen molar-refractivity contribution in [1.82, 2.24) is 4.98 Å². The Balaban J connectivity index is 1.95. The number of nitrogens with zero attached hydrogens (tertiary/aromatic N) is 1. The Labute approximate surface area is 139 Å². The van der Waals surface area contributed by atoms with Crippen molar-refractivity contribution >= 4 is 6.08 Å². The molecule has 1 aliphatic carbocycles. The van der Waals surface area contributed by atoms with Gasteiger partial charge in [0.1, 0.15) is 17.7 Å². The molecule has 2 aromatic rings. The second kappa shape index (κ2) is 7.53. The van der Waals surface area contributed by atoms with Crippen molar-refractivity contribution in [3.8, 4) is 17.0 Å². The van der Waals surface area contributed by atoms with Gasteiger partial charge in [-0.15, -0.1) is 0 Å². The molecule has 24 heavy (non-hydrogen) atoms. The lowest BCUT2D eigenvalue weighted by Crippen LogP contribution is -2.12. The van der Waals surface area contributed by atoms with E-state index in [0.717, 1.165) is 25.7 Å². The van der Waals surface area contributed by atoms with Gasteiger partial charge < -0.3 is 9.84 Å². The minimum atomic E-state index is -0.689. The molecule has 1 aromatic carbocycles. The second-order valence-corrected chi connectivity index (χ2v) is 5.82. The summed E-state index contributed by atoms with van der Waals surface area (Å²) in [4.78, 5) is 4.24. The van der Waals surface area contributed by atoms with Gasteiger partial charge >= 0.3 is 0 Å². The van der Waals surface area contributed by atoms with Crippen molar-refractivity contribution in [1.29, 1.82) is 0 Å². The minimum Gasteiger partial charge on any atom is -0.474 e. The first-order valence-electron chi connectivity index (χ1n) is 8.07. The summed E-state index contributed by atoms with van der Waals surface area (Å²) < 4.78 is 34.4. The number of rotatable bonds is 5. The number of halogens is 2. The SMILES string of the molecule is OC/C=C/c1c(F)cc(-c2cccnc2OC2CCCC2)cc1F. The summed E-state index contributed by atoms with van der Waals surface area (Å²) in [5, 5.41) is 8.76. The zero-order chi connectivity index (χ0) is 16.9. The molecule has 0 saturated heterocycles. The van der Waals surface area contributed by atoms with Gasteiger partial charge in [-0.2, -0.15) is 0 Å². The maximum Gasteiger partial charge on any atom is 0.221 e. The third-order valence-electron chi connectivity index (χ3n) is 4.13. The van der Waals surface area contributed by atoms with Crippen LogP contribution in [0.4, 0.5) is 8.78 Å². The Kier molecular flexibility index (Phi) is 5.20. The highest BCUT2D eigenvalue weighted by Crippen LogP contribution is 2.33. The number of pyridine rings is 1. The third kappa shape index (κ3) is 3.62. The molecule has 0 bridgehead atoms. The number of aliphatic hydroxyl groups excluding tert-OH is 1. The van der Waals surface area contributed by atoms with E-state index in [-0.39, 0.29) is 18.3 Å². The molecule has 0 amide bonds. The number of ether oxygens (including phenoxy) is 1. The van der Waals surface area contributed by atoms with E-state index in [1.165, 1.54) is 24.3 Å². The van der Waals surface area contributed by atoms with Gasteiger partial charge in [0.2, 0.25) is 5.88 Å². The number of hydrogen-bond acceptors (Lipinski definition) is 3. The number of hydrogen-bond donors (Lipinski definition) is 1. The van der Waals surface area contributed by atoms with Gasteiger partial charge in [-0.1, -0.05) is 12.2 Å². The van der Waals surface area contributed by atoms with Gasteiger partial charge in [-0.05, 0) is 55.5 Å². The molecule has 0 atom stereocenters. The zero-order valence-corrected chi connectivity index (χ0v) is 13.2. The minimum absolute atomic E-state index is 0.111. The summed E-state index contributed by atoms with van der Waals surface area (Å²) in [5.41, 5.74) is 0.780. The van der Waals surface area contributed by atoms with Crippen molar-refractivity contribution in [2.45, 2.75) is 31.8 Å². The zero-order valence-electron chi connectivity index (χ0n) is 13.2. The van der Waals surface area contributed by atoms with E-state index in [4.69, 9.17) is 9.84 Å². The van der Waals surface area contributed by atoms with E-state index in [9.17, 15) is 8.78 Å². The van der Waals surface area contributed by atoms with Crippen LogP contribution in [0.1, 0.15) is 31.2 Å². The number of aliphatic hydroxyl groups is 1. The van der Waals surface area contributed by atoms with E-state index < -0.39 is 11.6 Å². The normalized spacial score (nSPS) is 15.3. The van der Waals surface area contributed by atoms with Crippen LogP contribution in [0.25, 0.3) is 17.2 Å². The maximum atomic E-state index is 14.2. The summed E-state index contributed by atoms with van der Waals surface area (Å²) >= 11 is 0. The van der Waals surface area contributed by atoms with Crippen molar-refractivity contribution < 1.29 is 18.6 Å². The van der Waals surface area contributed by atoms with E-state index in [0.29, 0.717) is 17.0 Å². The average Bonchev–Trinajstić information content (AvgIpc) is 3.07. The van der Waals surface area contributed by atoms with Crippen LogP contribution in [0.15, 0.2) is 36.5 Å². The van der Waals surface area contributed by atoms with Crippen molar-refractivity contribution in [2.24, 2.45) is 0 Å². The number of benzene rings is 1. The fourth-order valence-electron chi connectivity index (χ4n) is 2.94. The van der Waals surface area contributed by atoms with Gasteiger partial charge in [0.05, 0.1) is 6.61 Å². The Hall–Kier alpha value is -2.27. The molecule has 1 aromatic heterocycles. The predicted octanol–water partition coefficient (Wildman–Crippen LogP) is 4.35. The van der Waals surface area contributed by atoms with Crippen molar-refractivity contribution in [2.75, 3.05) is 6.61 Å². The van der Waals surface area contributed by atoms with E-state index >= 15 is 0 Å². The van der Waals surface area contributed by atoms with Gasteiger partial charge in [-0.3, -0.25) is 0 Å². The Morgan fingerprint density at radius 1 is 1.21 bits per heavy atom. The average molecular weight is 331 g/mol. The monoisotopic (exact) mass is 331 g/mol. The molecule has 3 nitrogen and oxygen atoms in total. The van der Waals surface area contributed by atoms with Gasteiger partial charge in [-0.25, -0.2) is 13.8 Å². The third-order valence-corrected chi connectivity index (χ3v) is 4.13. The predicted molar refractivity (Wildman–Crippen MR) is 88.6 cm³/mol. The molecule has 0 spiro atoms. The lowest BCUT2D eigenvalue weighted by molar-refractivity contribution is 0.202. The van der Waals surface area contributed by atoms with Crippen LogP contribution in [-0.2, 0) is 0 Å². The first-order chi connectivity index (χ1) is 11.7. The summed E-state index contributed by atoms with van der Waals surface area (Å²) in [6, 6.07) is 5.98. The largest absolute Gasteiger partial charge is 0.474 e. The molecule has 5 heteroatoms. The number of aromatic nitrogens is 1. The highest BCUT2D eigenvalue weighted by molar-refractivity contribution is 5.70. The fourth-order valence-corrected chi connectivity index (χ4v) is 2.94. The molecule has 3 rings (SSSR count). The van der Waals surface area contributed by atoms with Gasteiger partial charge in [0.15, 0.2) is 0 Å². The molecule has 1 N–H and O–H groups in total. The van der Waals surface area contributed by atoms with E-state index in [1.54, 1.807) is 18.3 Å². The standard InChI is InChI=1S/C19H19F2NO2/c20-17-11-13(12-18(21)16(17)8-4-10-23)15-7-3-9-22-19(15)24-14-5-1-2-6-14/h3-4,7-9,11-12,14,23H,1-2,5-6,10H2/b8-4+. The second-order valence-electron chi connectivity index (χ2n) is 5.82. The molecule has 0 radical (unpaired) electrons. The molecular weight excluding hydrogens is 312 g/mol. The molecule has 0 aliphatic heterocycles. The summed E-state index contributed by atoms with van der Waals surface area (Å²) in [5.74, 6) is -0.974. The summed E-state index contributed by atoms with van der Waals surface area (Å²) in [6.45, 7) is -0.275. The highest BCUT2D eigenvalue weighted by Gasteiger charge is 2.20.